The van der Waals surface area contributed by atoms with E-state index in [0.29, 0.717) is 5.82 Å². The highest BCUT2D eigenvalue weighted by atomic mass is 14.9. The molecule has 2 heterocycles. The van der Waals surface area contributed by atoms with Crippen molar-refractivity contribution in [3.05, 3.63) is 164 Å². The Morgan fingerprint density at radius 1 is 0.326 bits per heavy atom. The normalized spacial score (nSPS) is 11.5. The fourth-order valence-corrected chi connectivity index (χ4v) is 6.69. The van der Waals surface area contributed by atoms with Crippen molar-refractivity contribution in [3.8, 4) is 45.0 Å². The topological polar surface area (TPSA) is 38.7 Å². The molecule has 46 heavy (non-hydrogen) atoms. The number of fused-ring (bicyclic) bond motifs is 7. The van der Waals surface area contributed by atoms with Crippen molar-refractivity contribution < 1.29 is 0 Å². The summed E-state index contributed by atoms with van der Waals surface area (Å²) in [6.07, 6.45) is 3.86. The molecule has 7 aromatic carbocycles. The highest BCUT2D eigenvalue weighted by molar-refractivity contribution is 6.25. The van der Waals surface area contributed by atoms with Crippen LogP contribution in [-0.4, -0.2) is 15.0 Å². The third kappa shape index (κ3) is 4.41. The number of hydrogen-bond donors (Lipinski definition) is 0. The van der Waals surface area contributed by atoms with Crippen molar-refractivity contribution in [1.82, 2.24) is 15.0 Å². The number of benzene rings is 7. The van der Waals surface area contributed by atoms with Gasteiger partial charge in [0.25, 0.3) is 0 Å². The SMILES string of the molecule is c1ccc(-c2nc(-c3ccc(-c4cncc5ccccc45)cc3)cc(-c3ccc4c5ccccc5c5ccccc5c4c3)n2)cc1. The molecule has 0 radical (unpaired) electrons. The summed E-state index contributed by atoms with van der Waals surface area (Å²) in [5.41, 5.74) is 7.11. The van der Waals surface area contributed by atoms with E-state index in [4.69, 9.17) is 9.97 Å². The standard InChI is InChI=1S/C43H27N3/c1-2-10-30(11-3-1)43-45-41(29-20-18-28(19-21-29)40-27-44-26-32-12-4-5-13-33(32)40)25-42(46-43)31-22-23-38-36-16-7-6-14-34(36)35-15-8-9-17-37(35)39(38)24-31/h1-27H. The van der Waals surface area contributed by atoms with Gasteiger partial charge in [0.1, 0.15) is 0 Å². The van der Waals surface area contributed by atoms with E-state index in [1.165, 1.54) is 37.7 Å². The van der Waals surface area contributed by atoms with Gasteiger partial charge >= 0.3 is 0 Å². The van der Waals surface area contributed by atoms with Gasteiger partial charge in [-0.3, -0.25) is 4.98 Å². The van der Waals surface area contributed by atoms with Crippen LogP contribution in [0.5, 0.6) is 0 Å². The first kappa shape index (κ1) is 26.2. The Morgan fingerprint density at radius 3 is 1.54 bits per heavy atom. The summed E-state index contributed by atoms with van der Waals surface area (Å²) in [5, 5.41) is 9.84. The average molecular weight is 586 g/mol. The van der Waals surface area contributed by atoms with Crippen molar-refractivity contribution >= 4 is 43.1 Å². The maximum Gasteiger partial charge on any atom is 0.160 e. The lowest BCUT2D eigenvalue weighted by Gasteiger charge is -2.13. The van der Waals surface area contributed by atoms with Gasteiger partial charge in [-0.2, -0.15) is 0 Å². The lowest BCUT2D eigenvalue weighted by molar-refractivity contribution is 1.18. The molecule has 0 aliphatic rings. The highest BCUT2D eigenvalue weighted by Crippen LogP contribution is 2.38. The summed E-state index contributed by atoms with van der Waals surface area (Å²) in [7, 11) is 0. The molecule has 0 atom stereocenters. The Bertz CT molecular complexity index is 2530. The smallest absolute Gasteiger partial charge is 0.160 e. The summed E-state index contributed by atoms with van der Waals surface area (Å²) in [6.45, 7) is 0. The largest absolute Gasteiger partial charge is 0.263 e. The molecule has 9 rings (SSSR count). The van der Waals surface area contributed by atoms with Gasteiger partial charge in [0.15, 0.2) is 5.82 Å². The number of aromatic nitrogens is 3. The summed E-state index contributed by atoms with van der Waals surface area (Å²) < 4.78 is 0. The average Bonchev–Trinajstić information content (AvgIpc) is 3.15. The van der Waals surface area contributed by atoms with Crippen molar-refractivity contribution in [3.63, 3.8) is 0 Å². The van der Waals surface area contributed by atoms with E-state index in [-0.39, 0.29) is 0 Å². The van der Waals surface area contributed by atoms with Crippen LogP contribution in [0.1, 0.15) is 0 Å². The van der Waals surface area contributed by atoms with Gasteiger partial charge in [-0.15, -0.1) is 0 Å². The van der Waals surface area contributed by atoms with Gasteiger partial charge in [-0.1, -0.05) is 140 Å². The molecule has 0 spiro atoms. The van der Waals surface area contributed by atoms with Crippen LogP contribution in [0, 0.1) is 0 Å². The Labute approximate surface area is 266 Å². The molecule has 9 aromatic rings. The van der Waals surface area contributed by atoms with Gasteiger partial charge in [0.05, 0.1) is 11.4 Å². The first-order valence-electron chi connectivity index (χ1n) is 15.5. The maximum absolute atomic E-state index is 5.13. The molecule has 3 heteroatoms. The van der Waals surface area contributed by atoms with Crippen LogP contribution in [0.4, 0.5) is 0 Å². The van der Waals surface area contributed by atoms with Crippen LogP contribution in [-0.2, 0) is 0 Å². The van der Waals surface area contributed by atoms with E-state index in [1.807, 2.05) is 36.7 Å². The first-order chi connectivity index (χ1) is 22.8. The van der Waals surface area contributed by atoms with E-state index in [1.54, 1.807) is 0 Å². The molecule has 3 nitrogen and oxygen atoms in total. The van der Waals surface area contributed by atoms with Gasteiger partial charge in [-0.05, 0) is 55.4 Å². The second-order valence-electron chi connectivity index (χ2n) is 11.7. The predicted molar refractivity (Wildman–Crippen MR) is 192 cm³/mol. The quantitative estimate of drug-likeness (QED) is 0.193. The molecular weight excluding hydrogens is 558 g/mol. The van der Waals surface area contributed by atoms with Crippen LogP contribution in [0.2, 0.25) is 0 Å². The van der Waals surface area contributed by atoms with Crippen LogP contribution >= 0.6 is 0 Å². The Kier molecular flexibility index (Phi) is 6.14. The third-order valence-electron chi connectivity index (χ3n) is 8.96. The molecular formula is C43H27N3. The maximum atomic E-state index is 5.13. The minimum Gasteiger partial charge on any atom is -0.263 e. The van der Waals surface area contributed by atoms with E-state index in [9.17, 15) is 0 Å². The van der Waals surface area contributed by atoms with Crippen LogP contribution in [0.25, 0.3) is 88.1 Å². The number of nitrogens with zero attached hydrogens (tertiary/aromatic N) is 3. The van der Waals surface area contributed by atoms with E-state index >= 15 is 0 Å². The number of rotatable bonds is 4. The van der Waals surface area contributed by atoms with Gasteiger partial charge in [0, 0.05) is 40.0 Å². The molecule has 0 saturated heterocycles. The number of hydrogen-bond acceptors (Lipinski definition) is 3. The van der Waals surface area contributed by atoms with Crippen molar-refractivity contribution in [2.75, 3.05) is 0 Å². The summed E-state index contributed by atoms with van der Waals surface area (Å²) in [6, 6.07) is 53.4. The Morgan fingerprint density at radius 2 is 0.848 bits per heavy atom. The zero-order valence-electron chi connectivity index (χ0n) is 24.9. The minimum atomic E-state index is 0.707. The fraction of sp³-hybridized carbons (Fsp3) is 0. The lowest BCUT2D eigenvalue weighted by Crippen LogP contribution is -1.96. The summed E-state index contributed by atoms with van der Waals surface area (Å²) >= 11 is 0. The summed E-state index contributed by atoms with van der Waals surface area (Å²) in [5.74, 6) is 0.707. The highest BCUT2D eigenvalue weighted by Gasteiger charge is 2.14. The fourth-order valence-electron chi connectivity index (χ4n) is 6.69. The van der Waals surface area contributed by atoms with Crippen LogP contribution in [0.15, 0.2) is 164 Å². The van der Waals surface area contributed by atoms with E-state index < -0.39 is 0 Å². The molecule has 0 amide bonds. The molecule has 214 valence electrons. The predicted octanol–water partition coefficient (Wildman–Crippen LogP) is 11.2. The first-order valence-corrected chi connectivity index (χ1v) is 15.5. The van der Waals surface area contributed by atoms with Crippen molar-refractivity contribution in [2.45, 2.75) is 0 Å². The van der Waals surface area contributed by atoms with Crippen molar-refractivity contribution in [2.24, 2.45) is 0 Å². The zero-order valence-corrected chi connectivity index (χ0v) is 24.9. The second-order valence-corrected chi connectivity index (χ2v) is 11.7. The van der Waals surface area contributed by atoms with E-state index in [2.05, 4.69) is 132 Å². The molecule has 0 fully saturated rings. The zero-order chi connectivity index (χ0) is 30.5. The minimum absolute atomic E-state index is 0.707. The molecule has 0 aliphatic carbocycles. The monoisotopic (exact) mass is 585 g/mol. The van der Waals surface area contributed by atoms with Crippen LogP contribution < -0.4 is 0 Å². The Balaban J connectivity index is 1.21. The van der Waals surface area contributed by atoms with Gasteiger partial charge < -0.3 is 0 Å². The molecule has 0 aliphatic heterocycles. The molecule has 0 unspecified atom stereocenters. The lowest BCUT2D eigenvalue weighted by atomic mass is 9.92. The number of pyridine rings is 1. The van der Waals surface area contributed by atoms with Crippen molar-refractivity contribution in [1.29, 1.82) is 0 Å². The third-order valence-corrected chi connectivity index (χ3v) is 8.96. The van der Waals surface area contributed by atoms with E-state index in [0.717, 1.165) is 44.6 Å². The van der Waals surface area contributed by atoms with Gasteiger partial charge in [-0.25, -0.2) is 9.97 Å². The van der Waals surface area contributed by atoms with Gasteiger partial charge in [0.2, 0.25) is 0 Å². The Hall–Kier alpha value is -6.19. The molecule has 0 bridgehead atoms. The second kappa shape index (κ2) is 10.8. The molecule has 0 saturated carbocycles. The molecule has 2 aromatic heterocycles. The van der Waals surface area contributed by atoms with Crippen LogP contribution in [0.3, 0.4) is 0 Å². The molecule has 0 N–H and O–H groups in total. The summed E-state index contributed by atoms with van der Waals surface area (Å²) in [4.78, 5) is 14.7.